The molecule has 0 amide bonds. The lowest BCUT2D eigenvalue weighted by Gasteiger charge is -2.20. The van der Waals surface area contributed by atoms with Crippen molar-refractivity contribution in [2.24, 2.45) is 0 Å². The van der Waals surface area contributed by atoms with E-state index in [1.165, 1.54) is 10.8 Å². The van der Waals surface area contributed by atoms with E-state index in [0.717, 1.165) is 11.1 Å². The average molecular weight is 429 g/mol. The van der Waals surface area contributed by atoms with E-state index in [1.807, 2.05) is 26.0 Å². The van der Waals surface area contributed by atoms with Gasteiger partial charge in [0.1, 0.15) is 11.7 Å². The molecule has 4 aromatic rings. The summed E-state index contributed by atoms with van der Waals surface area (Å²) in [4.78, 5) is 37.8. The first-order valence-corrected chi connectivity index (χ1v) is 10.3. The summed E-state index contributed by atoms with van der Waals surface area (Å²) in [6.07, 6.45) is 3.17. The van der Waals surface area contributed by atoms with E-state index in [1.54, 1.807) is 39.1 Å². The number of nitriles is 1. The Balaban J connectivity index is 1.88. The minimum absolute atomic E-state index is 0.132. The van der Waals surface area contributed by atoms with Gasteiger partial charge >= 0.3 is 6.09 Å². The Morgan fingerprint density at radius 2 is 2.03 bits per heavy atom. The van der Waals surface area contributed by atoms with Crippen LogP contribution < -0.4 is 0 Å². The van der Waals surface area contributed by atoms with Crippen molar-refractivity contribution in [1.29, 1.82) is 5.26 Å². The number of nitrogens with one attached hydrogen (secondary N) is 1. The zero-order valence-electron chi connectivity index (χ0n) is 18.6. The molecule has 0 bridgehead atoms. The molecule has 0 fully saturated rings. The van der Waals surface area contributed by atoms with Crippen LogP contribution in [-0.4, -0.2) is 37.0 Å². The van der Waals surface area contributed by atoms with Crippen molar-refractivity contribution in [3.63, 3.8) is 0 Å². The Hall–Kier alpha value is -3.99. The normalized spacial score (nSPS) is 11.6. The Bertz CT molecular complexity index is 1430. The van der Waals surface area contributed by atoms with E-state index >= 15 is 0 Å². The van der Waals surface area contributed by atoms with Gasteiger partial charge in [-0.15, -0.1) is 0 Å². The number of carbonyl (C=O) groups is 2. The number of H-pyrrole nitrogens is 1. The van der Waals surface area contributed by atoms with Crippen molar-refractivity contribution >= 4 is 33.9 Å². The summed E-state index contributed by atoms with van der Waals surface area (Å²) in [6, 6.07) is 7.31. The molecule has 1 aromatic carbocycles. The second-order valence-electron chi connectivity index (χ2n) is 8.63. The van der Waals surface area contributed by atoms with Gasteiger partial charge in [0.15, 0.2) is 11.5 Å². The zero-order chi connectivity index (χ0) is 23.2. The smallest absolute Gasteiger partial charge is 0.419 e. The fraction of sp³-hybridized carbons (Fsp3) is 0.292. The van der Waals surface area contributed by atoms with E-state index in [0.29, 0.717) is 39.6 Å². The van der Waals surface area contributed by atoms with Crippen molar-refractivity contribution < 1.29 is 14.3 Å². The molecule has 0 atom stereocenters. The maximum absolute atomic E-state index is 13.6. The average Bonchev–Trinajstić information content (AvgIpc) is 3.36. The van der Waals surface area contributed by atoms with Gasteiger partial charge in [0.25, 0.3) is 0 Å². The van der Waals surface area contributed by atoms with Crippen LogP contribution in [-0.2, 0) is 11.2 Å². The fourth-order valence-electron chi connectivity index (χ4n) is 3.81. The van der Waals surface area contributed by atoms with Crippen molar-refractivity contribution in [3.8, 4) is 6.07 Å². The van der Waals surface area contributed by atoms with Crippen LogP contribution in [0.15, 0.2) is 30.6 Å². The van der Waals surface area contributed by atoms with Crippen LogP contribution >= 0.6 is 0 Å². The molecule has 8 heteroatoms. The predicted molar refractivity (Wildman–Crippen MR) is 120 cm³/mol. The summed E-state index contributed by atoms with van der Waals surface area (Å²) in [5.41, 5.74) is 3.44. The highest BCUT2D eigenvalue weighted by atomic mass is 16.6. The molecule has 8 nitrogen and oxygen atoms in total. The van der Waals surface area contributed by atoms with Gasteiger partial charge < -0.3 is 9.72 Å². The Morgan fingerprint density at radius 3 is 2.69 bits per heavy atom. The van der Waals surface area contributed by atoms with Crippen LogP contribution in [0.4, 0.5) is 4.79 Å². The summed E-state index contributed by atoms with van der Waals surface area (Å²) in [7, 11) is 0. The van der Waals surface area contributed by atoms with Gasteiger partial charge in [0.2, 0.25) is 5.78 Å². The fourth-order valence-corrected chi connectivity index (χ4v) is 3.81. The van der Waals surface area contributed by atoms with Crippen LogP contribution in [0.5, 0.6) is 0 Å². The molecule has 1 N–H and O–H groups in total. The number of ether oxygens (including phenoxy) is 1. The number of imidazole rings is 1. The standard InChI is InChI=1S/C24H23N5O3/c1-6-15-9-13(2)19-16(7-8-29(19)23(31)32-24(3,4)5)18(15)20(30)22-27-17-10-14(11-25)12-26-21(17)28-22/h7-10,12H,6H2,1-5H3,(H,26,27,28). The number of fused-ring (bicyclic) bond motifs is 2. The SMILES string of the molecule is CCc1cc(C)c2c(ccn2C(=O)OC(C)(C)C)c1C(=O)c1nc2ncc(C#N)cc2[nH]1. The number of hydrogen-bond donors (Lipinski definition) is 1. The topological polar surface area (TPSA) is 114 Å². The summed E-state index contributed by atoms with van der Waals surface area (Å²) in [6.45, 7) is 9.30. The third kappa shape index (κ3) is 3.62. The molecule has 0 aliphatic carbocycles. The molecule has 4 rings (SSSR count). The van der Waals surface area contributed by atoms with Gasteiger partial charge in [-0.3, -0.25) is 9.36 Å². The number of aromatic nitrogens is 4. The molecule has 3 heterocycles. The minimum atomic E-state index is -0.646. The van der Waals surface area contributed by atoms with Crippen LogP contribution in [0, 0.1) is 18.3 Å². The lowest BCUT2D eigenvalue weighted by molar-refractivity contribution is 0.0544. The highest BCUT2D eigenvalue weighted by molar-refractivity contribution is 6.17. The van der Waals surface area contributed by atoms with Crippen molar-refractivity contribution in [2.75, 3.05) is 0 Å². The predicted octanol–water partition coefficient (Wildman–Crippen LogP) is 4.67. The number of benzene rings is 1. The Labute approximate surface area is 184 Å². The number of hydrogen-bond acceptors (Lipinski definition) is 6. The molecular weight excluding hydrogens is 406 g/mol. The van der Waals surface area contributed by atoms with E-state index in [2.05, 4.69) is 15.0 Å². The summed E-state index contributed by atoms with van der Waals surface area (Å²) in [5.74, 6) is -0.169. The highest BCUT2D eigenvalue weighted by Gasteiger charge is 2.25. The molecule has 0 saturated carbocycles. The molecular formula is C24H23N5O3. The van der Waals surface area contributed by atoms with E-state index in [4.69, 9.17) is 10.00 Å². The van der Waals surface area contributed by atoms with E-state index < -0.39 is 11.7 Å². The molecule has 32 heavy (non-hydrogen) atoms. The number of pyridine rings is 1. The van der Waals surface area contributed by atoms with Crippen LogP contribution in [0.3, 0.4) is 0 Å². The van der Waals surface area contributed by atoms with Crippen LogP contribution in [0.2, 0.25) is 0 Å². The molecule has 0 aliphatic heterocycles. The van der Waals surface area contributed by atoms with E-state index in [-0.39, 0.29) is 11.6 Å². The van der Waals surface area contributed by atoms with Gasteiger partial charge in [0, 0.05) is 23.3 Å². The first-order valence-electron chi connectivity index (χ1n) is 10.3. The van der Waals surface area contributed by atoms with Crippen molar-refractivity contribution in [1.82, 2.24) is 19.5 Å². The first kappa shape index (κ1) is 21.2. The largest absolute Gasteiger partial charge is 0.443 e. The Morgan fingerprint density at radius 1 is 1.28 bits per heavy atom. The third-order valence-electron chi connectivity index (χ3n) is 5.12. The minimum Gasteiger partial charge on any atom is -0.443 e. The number of ketones is 1. The number of nitrogens with zero attached hydrogens (tertiary/aromatic N) is 4. The summed E-state index contributed by atoms with van der Waals surface area (Å²) < 4.78 is 6.97. The molecule has 0 saturated heterocycles. The van der Waals surface area contributed by atoms with Gasteiger partial charge in [-0.1, -0.05) is 13.0 Å². The highest BCUT2D eigenvalue weighted by Crippen LogP contribution is 2.30. The molecule has 162 valence electrons. The molecule has 0 radical (unpaired) electrons. The first-order chi connectivity index (χ1) is 15.1. The lowest BCUT2D eigenvalue weighted by atomic mass is 9.94. The van der Waals surface area contributed by atoms with Crippen molar-refractivity contribution in [2.45, 2.75) is 46.6 Å². The molecule has 0 spiro atoms. The number of rotatable bonds is 3. The lowest BCUT2D eigenvalue weighted by Crippen LogP contribution is -2.26. The third-order valence-corrected chi connectivity index (χ3v) is 5.12. The Kier molecular flexibility index (Phi) is 5.05. The second-order valence-corrected chi connectivity index (χ2v) is 8.63. The van der Waals surface area contributed by atoms with Gasteiger partial charge in [-0.05, 0) is 57.4 Å². The molecule has 0 aliphatic rings. The quantitative estimate of drug-likeness (QED) is 0.474. The van der Waals surface area contributed by atoms with E-state index in [9.17, 15) is 9.59 Å². The summed E-state index contributed by atoms with van der Waals surface area (Å²) >= 11 is 0. The molecule has 3 aromatic heterocycles. The number of aromatic amines is 1. The van der Waals surface area contributed by atoms with Gasteiger partial charge in [-0.2, -0.15) is 5.26 Å². The number of aryl methyl sites for hydroxylation is 2. The van der Waals surface area contributed by atoms with Crippen molar-refractivity contribution in [3.05, 3.63) is 58.7 Å². The summed E-state index contributed by atoms with van der Waals surface area (Å²) in [5, 5.41) is 9.75. The monoisotopic (exact) mass is 429 g/mol. The second kappa shape index (κ2) is 7.61. The zero-order valence-corrected chi connectivity index (χ0v) is 18.6. The maximum Gasteiger partial charge on any atom is 0.419 e. The number of carbonyl (C=O) groups excluding carboxylic acids is 2. The maximum atomic E-state index is 13.6. The van der Waals surface area contributed by atoms with Crippen LogP contribution in [0.25, 0.3) is 22.1 Å². The molecule has 0 unspecified atom stereocenters. The van der Waals surface area contributed by atoms with Gasteiger partial charge in [0.05, 0.1) is 16.6 Å². The van der Waals surface area contributed by atoms with Crippen LogP contribution in [0.1, 0.15) is 60.6 Å². The van der Waals surface area contributed by atoms with Gasteiger partial charge in [-0.25, -0.2) is 14.8 Å².